The minimum absolute atomic E-state index is 0.00990. The van der Waals surface area contributed by atoms with Crippen molar-refractivity contribution in [2.24, 2.45) is 5.92 Å². The van der Waals surface area contributed by atoms with E-state index in [1.54, 1.807) is 7.11 Å². The number of rotatable bonds is 5. The molecular weight excluding hydrogens is 156 g/mol. The minimum atomic E-state index is -0.142. The van der Waals surface area contributed by atoms with Crippen LogP contribution in [0.2, 0.25) is 0 Å². The Hall–Kier alpha value is -0.570. The van der Waals surface area contributed by atoms with Gasteiger partial charge in [0.1, 0.15) is 6.10 Å². The highest BCUT2D eigenvalue weighted by Gasteiger charge is 2.14. The first kappa shape index (κ1) is 11.4. The quantitative estimate of drug-likeness (QED) is 0.594. The van der Waals surface area contributed by atoms with Crippen LogP contribution in [-0.4, -0.2) is 25.8 Å². The molecule has 0 saturated carbocycles. The SMILES string of the molecule is CCC(C)C(=O)OC(C)COC. The number of methoxy groups -OCH3 is 1. The van der Waals surface area contributed by atoms with Crippen LogP contribution in [0.15, 0.2) is 0 Å². The first-order chi connectivity index (χ1) is 5.61. The lowest BCUT2D eigenvalue weighted by molar-refractivity contribution is -0.154. The maximum absolute atomic E-state index is 11.2. The molecule has 3 heteroatoms. The molecule has 0 aliphatic carbocycles. The summed E-state index contributed by atoms with van der Waals surface area (Å²) in [7, 11) is 1.59. The third-order valence-electron chi connectivity index (χ3n) is 1.73. The van der Waals surface area contributed by atoms with Crippen LogP contribution in [0.4, 0.5) is 0 Å². The Labute approximate surface area is 74.0 Å². The highest BCUT2D eigenvalue weighted by atomic mass is 16.6. The molecule has 2 atom stereocenters. The number of hydrogen-bond acceptors (Lipinski definition) is 3. The van der Waals surface area contributed by atoms with E-state index in [0.29, 0.717) is 6.61 Å². The van der Waals surface area contributed by atoms with Gasteiger partial charge < -0.3 is 9.47 Å². The molecule has 0 fully saturated rings. The van der Waals surface area contributed by atoms with Crippen molar-refractivity contribution < 1.29 is 14.3 Å². The molecule has 0 aromatic rings. The zero-order valence-electron chi connectivity index (χ0n) is 8.29. The zero-order valence-corrected chi connectivity index (χ0v) is 8.29. The van der Waals surface area contributed by atoms with Crippen LogP contribution in [0.5, 0.6) is 0 Å². The van der Waals surface area contributed by atoms with Gasteiger partial charge >= 0.3 is 5.97 Å². The van der Waals surface area contributed by atoms with Gasteiger partial charge in [0.2, 0.25) is 0 Å². The summed E-state index contributed by atoms with van der Waals surface area (Å²) in [6.45, 7) is 6.11. The maximum Gasteiger partial charge on any atom is 0.308 e. The largest absolute Gasteiger partial charge is 0.460 e. The van der Waals surface area contributed by atoms with Gasteiger partial charge in [0.25, 0.3) is 0 Å². The number of ether oxygens (including phenoxy) is 2. The Balaban J connectivity index is 3.67. The van der Waals surface area contributed by atoms with Crippen molar-refractivity contribution in [3.8, 4) is 0 Å². The lowest BCUT2D eigenvalue weighted by Crippen LogP contribution is -2.23. The summed E-state index contributed by atoms with van der Waals surface area (Å²) in [4.78, 5) is 11.2. The molecule has 0 bridgehead atoms. The molecule has 0 spiro atoms. The van der Waals surface area contributed by atoms with Gasteiger partial charge in [-0.3, -0.25) is 4.79 Å². The molecule has 0 heterocycles. The van der Waals surface area contributed by atoms with Crippen molar-refractivity contribution >= 4 is 5.97 Å². The number of carbonyl (C=O) groups excluding carboxylic acids is 1. The summed E-state index contributed by atoms with van der Waals surface area (Å²) in [5.41, 5.74) is 0. The second-order valence-electron chi connectivity index (χ2n) is 3.01. The van der Waals surface area contributed by atoms with Gasteiger partial charge in [0, 0.05) is 7.11 Å². The minimum Gasteiger partial charge on any atom is -0.460 e. The Kier molecular flexibility index (Phi) is 5.72. The van der Waals surface area contributed by atoms with Crippen LogP contribution in [0, 0.1) is 5.92 Å². The van der Waals surface area contributed by atoms with Gasteiger partial charge in [-0.15, -0.1) is 0 Å². The zero-order chi connectivity index (χ0) is 9.56. The van der Waals surface area contributed by atoms with E-state index < -0.39 is 0 Å². The van der Waals surface area contributed by atoms with Crippen LogP contribution in [0.3, 0.4) is 0 Å². The molecule has 0 amide bonds. The summed E-state index contributed by atoms with van der Waals surface area (Å²) >= 11 is 0. The van der Waals surface area contributed by atoms with E-state index in [9.17, 15) is 4.79 Å². The first-order valence-electron chi connectivity index (χ1n) is 4.31. The maximum atomic E-state index is 11.2. The highest BCUT2D eigenvalue weighted by Crippen LogP contribution is 2.05. The molecule has 0 aromatic carbocycles. The fourth-order valence-electron chi connectivity index (χ4n) is 0.750. The van der Waals surface area contributed by atoms with E-state index in [1.165, 1.54) is 0 Å². The molecule has 0 N–H and O–H groups in total. The van der Waals surface area contributed by atoms with Crippen molar-refractivity contribution in [3.63, 3.8) is 0 Å². The van der Waals surface area contributed by atoms with Crippen molar-refractivity contribution in [1.29, 1.82) is 0 Å². The predicted molar refractivity (Wildman–Crippen MR) is 46.9 cm³/mol. The molecule has 0 rings (SSSR count). The fraction of sp³-hybridized carbons (Fsp3) is 0.889. The number of hydrogen-bond donors (Lipinski definition) is 0. The summed E-state index contributed by atoms with van der Waals surface area (Å²) in [6.07, 6.45) is 0.676. The molecule has 0 aliphatic rings. The van der Waals surface area contributed by atoms with Gasteiger partial charge in [0.05, 0.1) is 12.5 Å². The van der Waals surface area contributed by atoms with E-state index in [0.717, 1.165) is 6.42 Å². The van der Waals surface area contributed by atoms with E-state index >= 15 is 0 Å². The van der Waals surface area contributed by atoms with Gasteiger partial charge in [0.15, 0.2) is 0 Å². The predicted octanol–water partition coefficient (Wildman–Crippen LogP) is 1.61. The van der Waals surface area contributed by atoms with Gasteiger partial charge in [-0.1, -0.05) is 13.8 Å². The van der Waals surface area contributed by atoms with E-state index in [-0.39, 0.29) is 18.0 Å². The molecule has 0 saturated heterocycles. The summed E-state index contributed by atoms with van der Waals surface area (Å²) in [5.74, 6) is -0.147. The molecule has 3 nitrogen and oxygen atoms in total. The molecule has 0 aliphatic heterocycles. The third kappa shape index (κ3) is 4.34. The van der Waals surface area contributed by atoms with Gasteiger partial charge in [-0.2, -0.15) is 0 Å². The lowest BCUT2D eigenvalue weighted by Gasteiger charge is -2.14. The fourth-order valence-corrected chi connectivity index (χ4v) is 0.750. The molecule has 0 aromatic heterocycles. The molecule has 2 unspecified atom stereocenters. The Bertz CT molecular complexity index is 134. The average molecular weight is 174 g/mol. The first-order valence-corrected chi connectivity index (χ1v) is 4.31. The van der Waals surface area contributed by atoms with Crippen molar-refractivity contribution in [2.75, 3.05) is 13.7 Å². The Morgan fingerprint density at radius 1 is 1.42 bits per heavy atom. The molecule has 0 radical (unpaired) electrons. The third-order valence-corrected chi connectivity index (χ3v) is 1.73. The monoisotopic (exact) mass is 174 g/mol. The Morgan fingerprint density at radius 3 is 2.42 bits per heavy atom. The smallest absolute Gasteiger partial charge is 0.308 e. The molecule has 72 valence electrons. The molecule has 12 heavy (non-hydrogen) atoms. The van der Waals surface area contributed by atoms with Crippen molar-refractivity contribution in [2.45, 2.75) is 33.3 Å². The van der Waals surface area contributed by atoms with Crippen LogP contribution >= 0.6 is 0 Å². The van der Waals surface area contributed by atoms with Crippen LogP contribution in [0.1, 0.15) is 27.2 Å². The van der Waals surface area contributed by atoms with Gasteiger partial charge in [-0.05, 0) is 13.3 Å². The highest BCUT2D eigenvalue weighted by molar-refractivity contribution is 5.72. The lowest BCUT2D eigenvalue weighted by atomic mass is 10.1. The van der Waals surface area contributed by atoms with E-state index in [1.807, 2.05) is 20.8 Å². The van der Waals surface area contributed by atoms with Gasteiger partial charge in [-0.25, -0.2) is 0 Å². The molecular formula is C9H18O3. The summed E-state index contributed by atoms with van der Waals surface area (Å²) in [6, 6.07) is 0. The average Bonchev–Trinajstić information content (AvgIpc) is 2.03. The van der Waals surface area contributed by atoms with Crippen molar-refractivity contribution in [1.82, 2.24) is 0 Å². The van der Waals surface area contributed by atoms with Crippen LogP contribution in [-0.2, 0) is 14.3 Å². The summed E-state index contributed by atoms with van der Waals surface area (Å²) < 4.78 is 9.92. The van der Waals surface area contributed by atoms with Crippen molar-refractivity contribution in [3.05, 3.63) is 0 Å². The normalized spacial score (nSPS) is 15.3. The van der Waals surface area contributed by atoms with E-state index in [4.69, 9.17) is 9.47 Å². The second-order valence-corrected chi connectivity index (χ2v) is 3.01. The standard InChI is InChI=1S/C9H18O3/c1-5-7(2)9(10)12-8(3)6-11-4/h7-8H,5-6H2,1-4H3. The van der Waals surface area contributed by atoms with E-state index in [2.05, 4.69) is 0 Å². The second kappa shape index (κ2) is 6.00. The topological polar surface area (TPSA) is 35.5 Å². The Morgan fingerprint density at radius 2 is 2.00 bits per heavy atom. The number of esters is 1. The van der Waals surface area contributed by atoms with Crippen LogP contribution < -0.4 is 0 Å². The van der Waals surface area contributed by atoms with Crippen LogP contribution in [0.25, 0.3) is 0 Å². The number of carbonyl (C=O) groups is 1. The summed E-state index contributed by atoms with van der Waals surface area (Å²) in [5, 5.41) is 0.